The fourth-order valence-electron chi connectivity index (χ4n) is 0.977. The monoisotopic (exact) mass is 214 g/mol. The van der Waals surface area contributed by atoms with Gasteiger partial charge < -0.3 is 14.6 Å². The maximum absolute atomic E-state index is 11.2. The molecule has 0 saturated heterocycles. The minimum atomic E-state index is -0.937. The summed E-state index contributed by atoms with van der Waals surface area (Å²) in [6, 6.07) is 0. The van der Waals surface area contributed by atoms with E-state index in [1.165, 1.54) is 14.2 Å². The minimum Gasteiger partial charge on any atom is -0.468 e. The van der Waals surface area contributed by atoms with Crippen LogP contribution < -0.4 is 0 Å². The average molecular weight is 214 g/mol. The van der Waals surface area contributed by atoms with Crippen LogP contribution in [0.25, 0.3) is 0 Å². The third-order valence-electron chi connectivity index (χ3n) is 1.73. The highest BCUT2D eigenvalue weighted by atomic mass is 16.5. The van der Waals surface area contributed by atoms with E-state index in [1.54, 1.807) is 0 Å². The quantitative estimate of drug-likeness (QED) is 0.396. The van der Waals surface area contributed by atoms with Gasteiger partial charge in [0.15, 0.2) is 5.92 Å². The van der Waals surface area contributed by atoms with Crippen LogP contribution in [-0.2, 0) is 19.1 Å². The van der Waals surface area contributed by atoms with Gasteiger partial charge in [0, 0.05) is 6.42 Å². The first-order chi connectivity index (χ1) is 7.17. The van der Waals surface area contributed by atoms with Gasteiger partial charge >= 0.3 is 11.9 Å². The van der Waals surface area contributed by atoms with Crippen LogP contribution in [0.3, 0.4) is 0 Å². The number of ether oxygens (including phenoxy) is 2. The Hall–Kier alpha value is -1.54. The second kappa shape index (κ2) is 7.83. The molecule has 0 rings (SSSR count). The van der Waals surface area contributed by atoms with Crippen molar-refractivity contribution < 1.29 is 24.2 Å². The molecule has 0 aromatic heterocycles. The van der Waals surface area contributed by atoms with Crippen molar-refractivity contribution in [1.29, 1.82) is 0 Å². The van der Waals surface area contributed by atoms with Gasteiger partial charge in [-0.1, -0.05) is 5.92 Å². The molecule has 0 fully saturated rings. The molecular formula is C10H14O5. The van der Waals surface area contributed by atoms with Gasteiger partial charge in [0.05, 0.1) is 14.2 Å². The van der Waals surface area contributed by atoms with Crippen molar-refractivity contribution in [3.05, 3.63) is 0 Å². The molecule has 5 nitrogen and oxygen atoms in total. The van der Waals surface area contributed by atoms with Crippen molar-refractivity contribution in [2.24, 2.45) is 5.92 Å². The van der Waals surface area contributed by atoms with Crippen LogP contribution in [0.5, 0.6) is 0 Å². The van der Waals surface area contributed by atoms with Crippen molar-refractivity contribution in [2.45, 2.75) is 12.8 Å². The van der Waals surface area contributed by atoms with E-state index in [1.807, 2.05) is 0 Å². The minimum absolute atomic E-state index is 0.229. The molecule has 0 aliphatic heterocycles. The Kier molecular flexibility index (Phi) is 7.02. The molecule has 0 atom stereocenters. The van der Waals surface area contributed by atoms with E-state index in [0.717, 1.165) is 0 Å². The van der Waals surface area contributed by atoms with Crippen LogP contribution in [0, 0.1) is 17.8 Å². The Morgan fingerprint density at radius 1 is 1.20 bits per heavy atom. The van der Waals surface area contributed by atoms with Gasteiger partial charge in [-0.25, -0.2) is 0 Å². The van der Waals surface area contributed by atoms with E-state index in [0.29, 0.717) is 6.42 Å². The topological polar surface area (TPSA) is 72.8 Å². The largest absolute Gasteiger partial charge is 0.468 e. The number of hydrogen-bond acceptors (Lipinski definition) is 5. The lowest BCUT2D eigenvalue weighted by molar-refractivity contribution is -0.159. The summed E-state index contributed by atoms with van der Waals surface area (Å²) in [6.45, 7) is -0.235. The Bertz CT molecular complexity index is 257. The number of esters is 2. The van der Waals surface area contributed by atoms with Crippen LogP contribution in [0.1, 0.15) is 12.8 Å². The lowest BCUT2D eigenvalue weighted by Crippen LogP contribution is -2.26. The fraction of sp³-hybridized carbons (Fsp3) is 0.600. The molecule has 0 spiro atoms. The van der Waals surface area contributed by atoms with Crippen LogP contribution in [0.15, 0.2) is 0 Å². The van der Waals surface area contributed by atoms with E-state index < -0.39 is 17.9 Å². The summed E-state index contributed by atoms with van der Waals surface area (Å²) in [7, 11) is 2.41. The van der Waals surface area contributed by atoms with Crippen molar-refractivity contribution in [2.75, 3.05) is 20.8 Å². The van der Waals surface area contributed by atoms with Crippen LogP contribution in [0.2, 0.25) is 0 Å². The third kappa shape index (κ3) is 5.03. The maximum atomic E-state index is 11.2. The molecule has 0 aromatic rings. The van der Waals surface area contributed by atoms with Gasteiger partial charge in [-0.2, -0.15) is 0 Å². The highest BCUT2D eigenvalue weighted by molar-refractivity contribution is 5.94. The van der Waals surface area contributed by atoms with E-state index in [9.17, 15) is 9.59 Å². The van der Waals surface area contributed by atoms with Crippen LogP contribution in [-0.4, -0.2) is 37.9 Å². The Balaban J connectivity index is 4.26. The first-order valence-electron chi connectivity index (χ1n) is 4.39. The third-order valence-corrected chi connectivity index (χ3v) is 1.73. The molecule has 0 aliphatic rings. The number of aliphatic hydroxyl groups excluding tert-OH is 1. The Morgan fingerprint density at radius 2 is 1.73 bits per heavy atom. The Labute approximate surface area is 88.4 Å². The lowest BCUT2D eigenvalue weighted by Gasteiger charge is -2.10. The summed E-state index contributed by atoms with van der Waals surface area (Å²) in [6.07, 6.45) is 0.557. The predicted molar refractivity (Wildman–Crippen MR) is 51.6 cm³/mol. The number of carbonyl (C=O) groups excluding carboxylic acids is 2. The van der Waals surface area contributed by atoms with Gasteiger partial charge in [0.1, 0.15) is 6.61 Å². The maximum Gasteiger partial charge on any atom is 0.320 e. The molecule has 5 heteroatoms. The summed E-state index contributed by atoms with van der Waals surface area (Å²) in [5.41, 5.74) is 0. The molecule has 15 heavy (non-hydrogen) atoms. The van der Waals surface area contributed by atoms with Gasteiger partial charge in [0.2, 0.25) is 0 Å². The zero-order valence-electron chi connectivity index (χ0n) is 8.78. The SMILES string of the molecule is COC(=O)C(CCC#CCO)C(=O)OC. The van der Waals surface area contributed by atoms with Crippen molar-refractivity contribution in [3.63, 3.8) is 0 Å². The summed E-state index contributed by atoms with van der Waals surface area (Å²) in [5, 5.41) is 8.39. The number of hydrogen-bond donors (Lipinski definition) is 1. The molecular weight excluding hydrogens is 200 g/mol. The molecule has 0 saturated carbocycles. The lowest BCUT2D eigenvalue weighted by atomic mass is 10.0. The first kappa shape index (κ1) is 13.5. The standard InChI is InChI=1S/C10H14O5/c1-14-9(12)8(10(13)15-2)6-4-3-5-7-11/h8,11H,4,6-7H2,1-2H3. The Morgan fingerprint density at radius 3 is 2.13 bits per heavy atom. The van der Waals surface area contributed by atoms with E-state index in [-0.39, 0.29) is 13.0 Å². The summed E-state index contributed by atoms with van der Waals surface area (Å²) < 4.78 is 8.91. The van der Waals surface area contributed by atoms with E-state index >= 15 is 0 Å². The summed E-state index contributed by atoms with van der Waals surface area (Å²) in [4.78, 5) is 22.3. The molecule has 0 heterocycles. The average Bonchev–Trinajstić information content (AvgIpc) is 2.27. The molecule has 0 aromatic carbocycles. The smallest absolute Gasteiger partial charge is 0.320 e. The van der Waals surface area contributed by atoms with Crippen molar-refractivity contribution >= 4 is 11.9 Å². The van der Waals surface area contributed by atoms with Gasteiger partial charge in [-0.3, -0.25) is 9.59 Å². The predicted octanol–water partition coefficient (Wildman–Crippen LogP) is -0.276. The molecule has 1 N–H and O–H groups in total. The van der Waals surface area contributed by atoms with Gasteiger partial charge in [-0.15, -0.1) is 5.92 Å². The molecule has 0 unspecified atom stereocenters. The summed E-state index contributed by atoms with van der Waals surface area (Å²) >= 11 is 0. The zero-order valence-corrected chi connectivity index (χ0v) is 8.78. The van der Waals surface area contributed by atoms with Crippen molar-refractivity contribution in [1.82, 2.24) is 0 Å². The van der Waals surface area contributed by atoms with Crippen LogP contribution >= 0.6 is 0 Å². The number of rotatable bonds is 4. The van der Waals surface area contributed by atoms with Gasteiger partial charge in [-0.05, 0) is 6.42 Å². The zero-order chi connectivity index (χ0) is 11.7. The van der Waals surface area contributed by atoms with Crippen molar-refractivity contribution in [3.8, 4) is 11.8 Å². The molecule has 84 valence electrons. The molecule has 0 amide bonds. The van der Waals surface area contributed by atoms with E-state index in [2.05, 4.69) is 21.3 Å². The van der Waals surface area contributed by atoms with Crippen LogP contribution in [0.4, 0.5) is 0 Å². The number of carbonyl (C=O) groups is 2. The molecule has 0 bridgehead atoms. The second-order valence-electron chi connectivity index (χ2n) is 2.65. The normalized spacial score (nSPS) is 9.07. The first-order valence-corrected chi connectivity index (χ1v) is 4.39. The van der Waals surface area contributed by atoms with Gasteiger partial charge in [0.25, 0.3) is 0 Å². The number of methoxy groups -OCH3 is 2. The van der Waals surface area contributed by atoms with E-state index in [4.69, 9.17) is 5.11 Å². The number of aliphatic hydroxyl groups is 1. The summed E-state index contributed by atoms with van der Waals surface area (Å²) in [5.74, 6) is 2.83. The fourth-order valence-corrected chi connectivity index (χ4v) is 0.977. The molecule has 0 aliphatic carbocycles. The second-order valence-corrected chi connectivity index (χ2v) is 2.65. The molecule has 0 radical (unpaired) electrons. The highest BCUT2D eigenvalue weighted by Gasteiger charge is 2.27. The highest BCUT2D eigenvalue weighted by Crippen LogP contribution is 2.10.